The second-order valence-corrected chi connectivity index (χ2v) is 12.9. The van der Waals surface area contributed by atoms with Crippen LogP contribution < -0.4 is 18.4 Å². The number of carbonyl (C=O) groups excluding carboxylic acids is 2. The minimum atomic E-state index is -4.20. The number of Topliss-reactive ketones (excluding diaryl/α,β-unsaturated/α-hetero) is 1. The highest BCUT2D eigenvalue weighted by atomic mass is 32.2. The summed E-state index contributed by atoms with van der Waals surface area (Å²) in [5.74, 6) is 0.412. The zero-order valence-corrected chi connectivity index (χ0v) is 26.6. The first-order valence-corrected chi connectivity index (χ1v) is 15.8. The van der Waals surface area contributed by atoms with Crippen molar-refractivity contribution < 1.29 is 36.4 Å². The number of benzene rings is 4. The van der Waals surface area contributed by atoms with Crippen LogP contribution in [0.3, 0.4) is 0 Å². The second-order valence-electron chi connectivity index (χ2n) is 11.5. The summed E-state index contributed by atoms with van der Waals surface area (Å²) in [6.45, 7) is 8.84. The number of hydrogen-bond acceptors (Lipinski definition) is 8. The maximum Gasteiger partial charge on any atom is 0.339 e. The van der Waals surface area contributed by atoms with E-state index >= 15 is 0 Å². The van der Waals surface area contributed by atoms with E-state index in [4.69, 9.17) is 18.4 Å². The molecule has 0 radical (unpaired) electrons. The molecule has 1 aliphatic heterocycles. The third-order valence-electron chi connectivity index (χ3n) is 7.24. The minimum Gasteiger partial charge on any atom is -0.488 e. The molecule has 0 saturated heterocycles. The van der Waals surface area contributed by atoms with E-state index in [1.807, 2.05) is 63.3 Å². The number of ketones is 1. The quantitative estimate of drug-likeness (QED) is 0.0977. The number of hydrogen-bond donors (Lipinski definition) is 0. The van der Waals surface area contributed by atoms with Crippen LogP contribution in [0.25, 0.3) is 6.08 Å². The van der Waals surface area contributed by atoms with Gasteiger partial charge in [-0.2, -0.15) is 8.42 Å². The molecule has 232 valence electrons. The van der Waals surface area contributed by atoms with Gasteiger partial charge in [0.1, 0.15) is 40.1 Å². The average molecular weight is 627 g/mol. The fourth-order valence-corrected chi connectivity index (χ4v) is 6.63. The molecule has 0 amide bonds. The minimum absolute atomic E-state index is 0.0137. The van der Waals surface area contributed by atoms with Crippen LogP contribution in [0.1, 0.15) is 62.4 Å². The van der Waals surface area contributed by atoms with Gasteiger partial charge in [0.25, 0.3) is 0 Å². The zero-order valence-electron chi connectivity index (χ0n) is 25.7. The summed E-state index contributed by atoms with van der Waals surface area (Å²) in [4.78, 5) is 25.5. The highest BCUT2D eigenvalue weighted by Gasteiger charge is 2.27. The standard InChI is InChI=1S/C36H34O8S/c1-23-17-24(2)35(25(3)18-23)45(39,40)44-28-12-13-29(33(19-28)41-21-26-9-7-6-8-10-26)31(38)22-42-34-27(20-37)11-14-32-30(34)15-16-36(4,5)43-32/h6-20H,21-22H2,1-5H3. The lowest BCUT2D eigenvalue weighted by atomic mass is 10.00. The van der Waals surface area contributed by atoms with Gasteiger partial charge in [-0.05, 0) is 87.7 Å². The molecule has 0 N–H and O–H groups in total. The van der Waals surface area contributed by atoms with E-state index in [-0.39, 0.29) is 39.9 Å². The summed E-state index contributed by atoms with van der Waals surface area (Å²) in [5, 5.41) is 0. The monoisotopic (exact) mass is 626 g/mol. The fraction of sp³-hybridized carbons (Fsp3) is 0.222. The van der Waals surface area contributed by atoms with Crippen molar-refractivity contribution in [2.45, 2.75) is 51.7 Å². The number of aldehydes is 1. The van der Waals surface area contributed by atoms with Gasteiger partial charge in [0.2, 0.25) is 5.78 Å². The largest absolute Gasteiger partial charge is 0.488 e. The van der Waals surface area contributed by atoms with Gasteiger partial charge in [-0.1, -0.05) is 48.0 Å². The predicted molar refractivity (Wildman–Crippen MR) is 171 cm³/mol. The van der Waals surface area contributed by atoms with Gasteiger partial charge >= 0.3 is 10.1 Å². The first kappa shape index (κ1) is 31.5. The SMILES string of the molecule is Cc1cc(C)c(S(=O)(=O)Oc2ccc(C(=O)COc3c(C=O)ccc4c3C=CC(C)(C)O4)c(OCc3ccccc3)c2)c(C)c1. The molecule has 0 bridgehead atoms. The van der Waals surface area contributed by atoms with Crippen molar-refractivity contribution in [1.82, 2.24) is 0 Å². The zero-order chi connectivity index (χ0) is 32.4. The van der Waals surface area contributed by atoms with Crippen molar-refractivity contribution in [2.75, 3.05) is 6.61 Å². The van der Waals surface area contributed by atoms with Crippen LogP contribution >= 0.6 is 0 Å². The lowest BCUT2D eigenvalue weighted by Gasteiger charge is -2.29. The lowest BCUT2D eigenvalue weighted by Crippen LogP contribution is -2.27. The van der Waals surface area contributed by atoms with Gasteiger partial charge in [-0.25, -0.2) is 0 Å². The lowest BCUT2D eigenvalue weighted by molar-refractivity contribution is 0.0912. The molecule has 0 unspecified atom stereocenters. The first-order valence-electron chi connectivity index (χ1n) is 14.4. The molecule has 5 rings (SSSR count). The Bertz CT molecular complexity index is 1880. The Balaban J connectivity index is 1.44. The van der Waals surface area contributed by atoms with E-state index in [1.54, 1.807) is 38.1 Å². The molecule has 45 heavy (non-hydrogen) atoms. The van der Waals surface area contributed by atoms with Crippen LogP contribution in [0.5, 0.6) is 23.0 Å². The summed E-state index contributed by atoms with van der Waals surface area (Å²) in [6, 6.07) is 20.4. The first-order chi connectivity index (χ1) is 21.4. The van der Waals surface area contributed by atoms with Crippen LogP contribution in [-0.4, -0.2) is 32.7 Å². The van der Waals surface area contributed by atoms with Crippen molar-refractivity contribution in [3.05, 3.63) is 118 Å². The van der Waals surface area contributed by atoms with Crippen LogP contribution in [0.2, 0.25) is 0 Å². The number of fused-ring (bicyclic) bond motifs is 1. The summed E-state index contributed by atoms with van der Waals surface area (Å²) < 4.78 is 50.2. The van der Waals surface area contributed by atoms with E-state index < -0.39 is 28.1 Å². The molecule has 0 aliphatic carbocycles. The van der Waals surface area contributed by atoms with Crippen molar-refractivity contribution in [3.8, 4) is 23.0 Å². The highest BCUT2D eigenvalue weighted by Crippen LogP contribution is 2.39. The number of rotatable bonds is 11. The van der Waals surface area contributed by atoms with Gasteiger partial charge in [-0.3, -0.25) is 9.59 Å². The molecule has 9 heteroatoms. The molecule has 0 atom stereocenters. The van der Waals surface area contributed by atoms with Crippen LogP contribution in [0.15, 0.2) is 83.8 Å². The summed E-state index contributed by atoms with van der Waals surface area (Å²) in [7, 11) is -4.20. The van der Waals surface area contributed by atoms with Gasteiger partial charge < -0.3 is 18.4 Å². The van der Waals surface area contributed by atoms with Crippen molar-refractivity contribution >= 4 is 28.3 Å². The molecule has 4 aromatic rings. The van der Waals surface area contributed by atoms with Gasteiger partial charge in [0.05, 0.1) is 16.7 Å². The Labute approximate surface area is 263 Å². The van der Waals surface area contributed by atoms with E-state index in [0.717, 1.165) is 11.1 Å². The summed E-state index contributed by atoms with van der Waals surface area (Å²) >= 11 is 0. The molecule has 4 aromatic carbocycles. The average Bonchev–Trinajstić information content (AvgIpc) is 2.97. The maximum absolute atomic E-state index is 13.6. The van der Waals surface area contributed by atoms with E-state index in [9.17, 15) is 18.0 Å². The maximum atomic E-state index is 13.6. The Kier molecular flexibility index (Phi) is 8.84. The van der Waals surface area contributed by atoms with Crippen LogP contribution in [0, 0.1) is 20.8 Å². The van der Waals surface area contributed by atoms with Gasteiger partial charge in [0.15, 0.2) is 12.9 Å². The van der Waals surface area contributed by atoms with E-state index in [0.29, 0.717) is 28.7 Å². The summed E-state index contributed by atoms with van der Waals surface area (Å²) in [5.41, 5.74) is 3.36. The molecule has 0 spiro atoms. The Morgan fingerprint density at radius 3 is 2.31 bits per heavy atom. The molecule has 0 fully saturated rings. The molecular formula is C36H34O8S. The Hall–Kier alpha value is -4.89. The molecular weight excluding hydrogens is 592 g/mol. The molecule has 1 heterocycles. The topological polar surface area (TPSA) is 105 Å². The van der Waals surface area contributed by atoms with Crippen LogP contribution in [0.4, 0.5) is 0 Å². The number of aryl methyl sites for hydroxylation is 3. The van der Waals surface area contributed by atoms with Crippen molar-refractivity contribution in [2.24, 2.45) is 0 Å². The molecule has 0 aromatic heterocycles. The van der Waals surface area contributed by atoms with E-state index in [2.05, 4.69) is 0 Å². The number of carbonyl (C=O) groups is 2. The van der Waals surface area contributed by atoms with Crippen molar-refractivity contribution in [3.63, 3.8) is 0 Å². The van der Waals surface area contributed by atoms with Gasteiger partial charge in [0, 0.05) is 6.07 Å². The normalized spacial score (nSPS) is 13.4. The molecule has 1 aliphatic rings. The Morgan fingerprint density at radius 1 is 0.911 bits per heavy atom. The number of ether oxygens (including phenoxy) is 3. The fourth-order valence-electron chi connectivity index (χ4n) is 5.29. The van der Waals surface area contributed by atoms with E-state index in [1.165, 1.54) is 18.2 Å². The predicted octanol–water partition coefficient (Wildman–Crippen LogP) is 7.22. The second kappa shape index (κ2) is 12.6. The van der Waals surface area contributed by atoms with Crippen molar-refractivity contribution in [1.29, 1.82) is 0 Å². The third-order valence-corrected chi connectivity index (χ3v) is 8.79. The molecule has 0 saturated carbocycles. The molecule has 8 nitrogen and oxygen atoms in total. The Morgan fingerprint density at radius 2 is 1.62 bits per heavy atom. The van der Waals surface area contributed by atoms with Crippen LogP contribution in [-0.2, 0) is 16.7 Å². The van der Waals surface area contributed by atoms with Gasteiger partial charge in [-0.15, -0.1) is 0 Å². The smallest absolute Gasteiger partial charge is 0.339 e. The highest BCUT2D eigenvalue weighted by molar-refractivity contribution is 7.87. The summed E-state index contributed by atoms with van der Waals surface area (Å²) in [6.07, 6.45) is 4.32. The third kappa shape index (κ3) is 7.10.